The highest BCUT2D eigenvalue weighted by molar-refractivity contribution is 6.69. The van der Waals surface area contributed by atoms with Gasteiger partial charge in [-0.05, 0) is 43.4 Å². The number of hydrogen-bond acceptors (Lipinski definition) is 2. The molecule has 0 N–H and O–H groups in total. The Hall–Kier alpha value is -1.22. The molecule has 0 saturated carbocycles. The van der Waals surface area contributed by atoms with Gasteiger partial charge in [-0.25, -0.2) is 0 Å². The second-order valence-corrected chi connectivity index (χ2v) is 8.77. The zero-order chi connectivity index (χ0) is 11.3. The number of rotatable bonds is 4. The van der Waals surface area contributed by atoms with Crippen LogP contribution in [0.4, 0.5) is 0 Å². The molecule has 82 valence electrons. The minimum Gasteiger partial charge on any atom is -0.550 e. The number of ether oxygens (including phenoxy) is 1. The molecule has 0 saturated heterocycles. The topological polar surface area (TPSA) is 18.5 Å². The van der Waals surface area contributed by atoms with Crippen LogP contribution in [-0.2, 0) is 4.43 Å². The average Bonchev–Trinajstić information content (AvgIpc) is 2.17. The highest BCUT2D eigenvalue weighted by atomic mass is 28.4. The van der Waals surface area contributed by atoms with E-state index in [0.717, 1.165) is 11.3 Å². The Kier molecular flexibility index (Phi) is 3.97. The summed E-state index contributed by atoms with van der Waals surface area (Å²) in [6.07, 6.45) is 3.76. The van der Waals surface area contributed by atoms with Crippen LogP contribution in [0, 0.1) is 0 Å². The fourth-order valence-corrected chi connectivity index (χ4v) is 1.51. The monoisotopic (exact) mass is 222 g/mol. The van der Waals surface area contributed by atoms with Crippen LogP contribution in [-0.4, -0.2) is 15.4 Å². The van der Waals surface area contributed by atoms with E-state index in [4.69, 9.17) is 9.16 Å². The van der Waals surface area contributed by atoms with Crippen molar-refractivity contribution in [3.8, 4) is 5.75 Å². The van der Waals surface area contributed by atoms with E-state index in [1.807, 2.05) is 30.3 Å². The van der Waals surface area contributed by atoms with Crippen LogP contribution < -0.4 is 4.74 Å². The molecule has 15 heavy (non-hydrogen) atoms. The van der Waals surface area contributed by atoms with Crippen LogP contribution in [0.15, 0.2) is 30.5 Å². The molecule has 0 aliphatic rings. The molecule has 0 radical (unpaired) electrons. The molecule has 0 aliphatic heterocycles. The van der Waals surface area contributed by atoms with Crippen molar-refractivity contribution >= 4 is 14.4 Å². The molecule has 2 nitrogen and oxygen atoms in total. The van der Waals surface area contributed by atoms with E-state index in [-0.39, 0.29) is 0 Å². The van der Waals surface area contributed by atoms with Crippen molar-refractivity contribution in [2.24, 2.45) is 0 Å². The minimum atomic E-state index is -1.44. The molecule has 3 heteroatoms. The van der Waals surface area contributed by atoms with E-state index in [1.54, 1.807) is 13.4 Å². The normalized spacial score (nSPS) is 11.7. The smallest absolute Gasteiger partial charge is 0.241 e. The van der Waals surface area contributed by atoms with E-state index in [1.165, 1.54) is 0 Å². The molecular weight excluding hydrogens is 204 g/mol. The molecule has 0 bridgehead atoms. The Labute approximate surface area is 92.7 Å². The Morgan fingerprint density at radius 3 is 2.13 bits per heavy atom. The van der Waals surface area contributed by atoms with Crippen molar-refractivity contribution < 1.29 is 9.16 Å². The molecule has 0 atom stereocenters. The Balaban J connectivity index is 2.57. The highest BCUT2D eigenvalue weighted by Crippen LogP contribution is 2.13. The lowest BCUT2D eigenvalue weighted by Crippen LogP contribution is -2.21. The molecule has 0 aliphatic carbocycles. The molecule has 1 aromatic rings. The lowest BCUT2D eigenvalue weighted by atomic mass is 10.2. The van der Waals surface area contributed by atoms with Gasteiger partial charge in [0, 0.05) is 0 Å². The van der Waals surface area contributed by atoms with Crippen LogP contribution in [0.1, 0.15) is 5.56 Å². The van der Waals surface area contributed by atoms with E-state index in [9.17, 15) is 0 Å². The maximum absolute atomic E-state index is 5.62. The lowest BCUT2D eigenvalue weighted by molar-refractivity contribution is 0.415. The molecule has 0 unspecified atom stereocenters. The highest BCUT2D eigenvalue weighted by Gasteiger charge is 2.12. The first-order valence-electron chi connectivity index (χ1n) is 5.00. The lowest BCUT2D eigenvalue weighted by Gasteiger charge is -2.14. The van der Waals surface area contributed by atoms with Gasteiger partial charge in [-0.2, -0.15) is 0 Å². The minimum absolute atomic E-state index is 0.873. The first kappa shape index (κ1) is 11.8. The van der Waals surface area contributed by atoms with Gasteiger partial charge in [0.15, 0.2) is 0 Å². The number of hydrogen-bond donors (Lipinski definition) is 0. The van der Waals surface area contributed by atoms with Gasteiger partial charge in [-0.15, -0.1) is 0 Å². The predicted octanol–water partition coefficient (Wildman–Crippen LogP) is 3.52. The number of benzene rings is 1. The summed E-state index contributed by atoms with van der Waals surface area (Å²) in [6.45, 7) is 6.47. The van der Waals surface area contributed by atoms with Crippen molar-refractivity contribution in [3.63, 3.8) is 0 Å². The molecular formula is C12H18O2Si. The molecule has 0 heterocycles. The molecule has 0 spiro atoms. The summed E-state index contributed by atoms with van der Waals surface area (Å²) >= 11 is 0. The second kappa shape index (κ2) is 5.03. The molecule has 1 aromatic carbocycles. The molecule has 0 fully saturated rings. The zero-order valence-electron chi connectivity index (χ0n) is 9.78. The molecule has 0 aromatic heterocycles. The predicted molar refractivity (Wildman–Crippen MR) is 66.5 cm³/mol. The standard InChI is InChI=1S/C12H18O2Si/c1-13-12-7-5-11(6-8-12)9-10-14-15(2,3)4/h5-10H,1-4H3/b10-9+. The van der Waals surface area contributed by atoms with Gasteiger partial charge in [-0.3, -0.25) is 0 Å². The van der Waals surface area contributed by atoms with Crippen LogP contribution in [0.5, 0.6) is 5.75 Å². The number of methoxy groups -OCH3 is 1. The van der Waals surface area contributed by atoms with Crippen molar-refractivity contribution in [3.05, 3.63) is 36.1 Å². The second-order valence-electron chi connectivity index (χ2n) is 4.31. The van der Waals surface area contributed by atoms with E-state index >= 15 is 0 Å². The SMILES string of the molecule is COc1ccc(/C=C/O[Si](C)(C)C)cc1. The fourth-order valence-electron chi connectivity index (χ4n) is 1.03. The third kappa shape index (κ3) is 4.70. The van der Waals surface area contributed by atoms with Gasteiger partial charge in [0.2, 0.25) is 8.32 Å². The summed E-state index contributed by atoms with van der Waals surface area (Å²) in [4.78, 5) is 0. The molecule has 0 amide bonds. The van der Waals surface area contributed by atoms with E-state index in [2.05, 4.69) is 19.6 Å². The van der Waals surface area contributed by atoms with Crippen molar-refractivity contribution in [2.45, 2.75) is 19.6 Å². The third-order valence-electron chi connectivity index (χ3n) is 1.80. The van der Waals surface area contributed by atoms with Crippen LogP contribution in [0.3, 0.4) is 0 Å². The van der Waals surface area contributed by atoms with Crippen molar-refractivity contribution in [1.29, 1.82) is 0 Å². The van der Waals surface area contributed by atoms with E-state index in [0.29, 0.717) is 0 Å². The van der Waals surface area contributed by atoms with Gasteiger partial charge in [0.25, 0.3) is 0 Å². The van der Waals surface area contributed by atoms with Crippen LogP contribution >= 0.6 is 0 Å². The molecule has 1 rings (SSSR count). The zero-order valence-corrected chi connectivity index (χ0v) is 10.8. The summed E-state index contributed by atoms with van der Waals surface area (Å²) in [5.74, 6) is 0.873. The largest absolute Gasteiger partial charge is 0.550 e. The Morgan fingerprint density at radius 2 is 1.67 bits per heavy atom. The van der Waals surface area contributed by atoms with Gasteiger partial charge >= 0.3 is 0 Å². The first-order chi connectivity index (χ1) is 7.01. The van der Waals surface area contributed by atoms with Gasteiger partial charge < -0.3 is 9.16 Å². The summed E-state index contributed by atoms with van der Waals surface area (Å²) in [7, 11) is 0.225. The van der Waals surface area contributed by atoms with E-state index < -0.39 is 8.32 Å². The Bertz CT molecular complexity index is 322. The van der Waals surface area contributed by atoms with Gasteiger partial charge in [-0.1, -0.05) is 12.1 Å². The third-order valence-corrected chi connectivity index (χ3v) is 2.64. The summed E-state index contributed by atoms with van der Waals surface area (Å²) in [5, 5.41) is 0. The van der Waals surface area contributed by atoms with Crippen LogP contribution in [0.25, 0.3) is 6.08 Å². The van der Waals surface area contributed by atoms with Crippen molar-refractivity contribution in [2.75, 3.05) is 7.11 Å². The quantitative estimate of drug-likeness (QED) is 0.573. The summed E-state index contributed by atoms with van der Waals surface area (Å²) in [5.41, 5.74) is 1.12. The van der Waals surface area contributed by atoms with Crippen molar-refractivity contribution in [1.82, 2.24) is 0 Å². The van der Waals surface area contributed by atoms with Gasteiger partial charge in [0.1, 0.15) is 5.75 Å². The average molecular weight is 222 g/mol. The Morgan fingerprint density at radius 1 is 1.07 bits per heavy atom. The van der Waals surface area contributed by atoms with Crippen LogP contribution in [0.2, 0.25) is 19.6 Å². The maximum atomic E-state index is 5.62. The summed E-state index contributed by atoms with van der Waals surface area (Å²) in [6, 6.07) is 7.88. The summed E-state index contributed by atoms with van der Waals surface area (Å²) < 4.78 is 10.7. The van der Waals surface area contributed by atoms with Gasteiger partial charge in [0.05, 0.1) is 13.4 Å². The maximum Gasteiger partial charge on any atom is 0.241 e. The first-order valence-corrected chi connectivity index (χ1v) is 8.40. The fraction of sp³-hybridized carbons (Fsp3) is 0.333.